The van der Waals surface area contributed by atoms with E-state index in [1.807, 2.05) is 60.9 Å². The third-order valence-electron chi connectivity index (χ3n) is 13.1. The van der Waals surface area contributed by atoms with Crippen molar-refractivity contribution in [2.45, 2.75) is 153 Å². The van der Waals surface area contributed by atoms with Crippen molar-refractivity contribution in [1.82, 2.24) is 34.8 Å². The number of aromatic nitrogens is 3. The third kappa shape index (κ3) is 9.81. The van der Waals surface area contributed by atoms with E-state index in [-0.39, 0.29) is 25.4 Å². The number of carbonyl (C=O) groups is 4. The maximum atomic E-state index is 14.8. The summed E-state index contributed by atoms with van der Waals surface area (Å²) in [7, 11) is -4.01. The van der Waals surface area contributed by atoms with E-state index in [2.05, 4.69) is 39.8 Å². The second kappa shape index (κ2) is 17.8. The zero-order valence-electron chi connectivity index (χ0n) is 38.3. The summed E-state index contributed by atoms with van der Waals surface area (Å²) in [4.78, 5) is 68.3. The van der Waals surface area contributed by atoms with Gasteiger partial charge in [0, 0.05) is 35.7 Å². The van der Waals surface area contributed by atoms with Gasteiger partial charge in [-0.15, -0.1) is 11.3 Å². The monoisotopic (exact) mass is 927 g/mol. The Morgan fingerprint density at radius 2 is 1.82 bits per heavy atom. The summed E-state index contributed by atoms with van der Waals surface area (Å²) in [6.45, 7) is 12.9. The molecule has 15 nitrogen and oxygen atoms in total. The predicted octanol–water partition coefficient (Wildman–Crippen LogP) is 7.28. The number of rotatable bonds is 10. The van der Waals surface area contributed by atoms with E-state index in [4.69, 9.17) is 19.4 Å². The third-order valence-corrected chi connectivity index (χ3v) is 16.1. The van der Waals surface area contributed by atoms with Gasteiger partial charge in [-0.05, 0) is 110 Å². The summed E-state index contributed by atoms with van der Waals surface area (Å²) < 4.78 is 42.2. The number of hydrogen-bond acceptors (Lipinski definition) is 11. The van der Waals surface area contributed by atoms with Gasteiger partial charge < -0.3 is 25.0 Å². The molecule has 2 aliphatic carbocycles. The Kier molecular flexibility index (Phi) is 12.7. The SMILES string of the molecule is Cc1ccccc1Cc1csc(-c2cccc3c2nc(O[C@@H]2C[C@H]4C(=O)N[C@]5(C(=O)NS(=O)(=O)C6(C)CC6)C[C@H]5/C=C\CCCCC[C@H](NC(=O)OC(C)(C)C)C(=O)N4C2)n3C(C)C)n1. The van der Waals surface area contributed by atoms with Crippen LogP contribution in [0, 0.1) is 12.8 Å². The quantitative estimate of drug-likeness (QED) is 0.136. The van der Waals surface area contributed by atoms with E-state index in [0.29, 0.717) is 50.1 Å². The Morgan fingerprint density at radius 3 is 2.54 bits per heavy atom. The molecule has 5 atom stereocenters. The number of para-hydroxylation sites is 1. The Morgan fingerprint density at radius 1 is 1.05 bits per heavy atom. The first-order valence-electron chi connectivity index (χ1n) is 22.8. The molecule has 65 heavy (non-hydrogen) atoms. The lowest BCUT2D eigenvalue weighted by atomic mass is 10.0. The van der Waals surface area contributed by atoms with Crippen molar-refractivity contribution >= 4 is 56.2 Å². The van der Waals surface area contributed by atoms with Crippen molar-refractivity contribution in [2.24, 2.45) is 5.92 Å². The Hall–Kier alpha value is -5.29. The molecule has 3 N–H and O–H groups in total. The fraction of sp³-hybridized carbons (Fsp3) is 0.542. The number of nitrogens with zero attached hydrogens (tertiary/aromatic N) is 4. The maximum Gasteiger partial charge on any atom is 0.408 e. The fourth-order valence-electron chi connectivity index (χ4n) is 8.91. The second-order valence-corrected chi connectivity index (χ2v) is 22.7. The van der Waals surface area contributed by atoms with Gasteiger partial charge in [0.15, 0.2) is 0 Å². The minimum atomic E-state index is -4.01. The Labute approximate surface area is 385 Å². The highest BCUT2D eigenvalue weighted by Crippen LogP contribution is 2.48. The molecule has 2 aromatic heterocycles. The van der Waals surface area contributed by atoms with Gasteiger partial charge in [-0.1, -0.05) is 55.3 Å². The molecule has 0 bridgehead atoms. The highest BCUT2D eigenvalue weighted by molar-refractivity contribution is 7.91. The summed E-state index contributed by atoms with van der Waals surface area (Å²) in [5.41, 5.74) is 3.41. The molecule has 0 radical (unpaired) electrons. The molecule has 8 rings (SSSR count). The first kappa shape index (κ1) is 46.2. The molecule has 2 aromatic carbocycles. The van der Waals surface area contributed by atoms with Crippen LogP contribution in [-0.4, -0.2) is 92.3 Å². The number of alkyl carbamates (subject to hydrolysis) is 1. The van der Waals surface area contributed by atoms with Gasteiger partial charge in [0.05, 0.1) is 22.5 Å². The Bertz CT molecular complexity index is 2630. The maximum absolute atomic E-state index is 14.8. The first-order chi connectivity index (χ1) is 30.8. The van der Waals surface area contributed by atoms with E-state index in [9.17, 15) is 27.6 Å². The van der Waals surface area contributed by atoms with Gasteiger partial charge >= 0.3 is 6.09 Å². The van der Waals surface area contributed by atoms with Crippen LogP contribution in [0.25, 0.3) is 21.6 Å². The molecule has 4 amide bonds. The topological polar surface area (TPSA) is 191 Å². The number of aryl methyl sites for hydroxylation is 1. The number of fused-ring (bicyclic) bond motifs is 3. The molecule has 4 heterocycles. The summed E-state index contributed by atoms with van der Waals surface area (Å²) in [5.74, 6) is -2.36. The van der Waals surface area contributed by atoms with Crippen molar-refractivity contribution < 1.29 is 37.1 Å². The minimum Gasteiger partial charge on any atom is -0.459 e. The second-order valence-electron chi connectivity index (χ2n) is 19.7. The van der Waals surface area contributed by atoms with Gasteiger partial charge in [-0.2, -0.15) is 4.98 Å². The molecule has 3 fully saturated rings. The average Bonchev–Trinajstić information content (AvgIpc) is 3.92. The molecule has 4 aliphatic rings. The molecule has 0 unspecified atom stereocenters. The van der Waals surface area contributed by atoms with Crippen molar-refractivity contribution in [2.75, 3.05) is 6.54 Å². The number of thiazole rings is 1. The van der Waals surface area contributed by atoms with E-state index in [1.165, 1.54) is 16.0 Å². The number of carbonyl (C=O) groups excluding carboxylic acids is 4. The van der Waals surface area contributed by atoms with Gasteiger partial charge in [0.1, 0.15) is 39.9 Å². The fourth-order valence-corrected chi connectivity index (χ4v) is 11.1. The number of allylic oxidation sites excluding steroid dienone is 1. The molecule has 1 saturated heterocycles. The molecular formula is C48H61N7O8S2. The van der Waals surface area contributed by atoms with Crippen LogP contribution in [0.15, 0.2) is 60.0 Å². The largest absolute Gasteiger partial charge is 0.459 e. The summed E-state index contributed by atoms with van der Waals surface area (Å²) >= 11 is 1.55. The molecule has 4 aromatic rings. The lowest BCUT2D eigenvalue weighted by Crippen LogP contribution is -2.58. The van der Waals surface area contributed by atoms with Crippen molar-refractivity contribution in [3.05, 3.63) is 76.8 Å². The first-order valence-corrected chi connectivity index (χ1v) is 25.2. The summed E-state index contributed by atoms with van der Waals surface area (Å²) in [6, 6.07) is 12.3. The lowest BCUT2D eigenvalue weighted by Gasteiger charge is -2.30. The van der Waals surface area contributed by atoms with Gasteiger partial charge in [-0.25, -0.2) is 18.2 Å². The van der Waals surface area contributed by atoms with E-state index < -0.39 is 73.8 Å². The Balaban J connectivity index is 1.11. The van der Waals surface area contributed by atoms with Gasteiger partial charge in [0.25, 0.3) is 11.9 Å². The van der Waals surface area contributed by atoms with Crippen LogP contribution in [0.4, 0.5) is 4.79 Å². The zero-order chi connectivity index (χ0) is 46.5. The zero-order valence-corrected chi connectivity index (χ0v) is 39.9. The number of ether oxygens (including phenoxy) is 2. The number of imidazole rings is 1. The standard InChI is InChI=1S/C48H61N7O8S2/c1-29(2)55-37-21-15-19-35(41-49-33(28-64-41)24-31-17-14-13-16-30(31)3)39(37)51-44(55)62-34-25-38-40(56)52-48(43(58)53-65(60,61)47(7)22-23-47)26-32(48)18-11-9-8-10-12-20-36(42(57)54(38)27-34)50-45(59)63-46(4,5)6/h11,13-19,21,28-29,32,34,36,38H,8-10,12,20,22-27H2,1-7H3,(H,50,59)(H,52,56)(H,53,58)/b18-11-/t32-,34-,36+,38+,48-/m1/s1. The molecule has 2 saturated carbocycles. The highest BCUT2D eigenvalue weighted by atomic mass is 32.2. The normalized spacial score (nSPS) is 25.1. The minimum absolute atomic E-state index is 0.0262. The molecule has 348 valence electrons. The number of benzene rings is 2. The van der Waals surface area contributed by atoms with Crippen molar-refractivity contribution in [1.29, 1.82) is 0 Å². The van der Waals surface area contributed by atoms with Crippen LogP contribution in [-0.2, 0) is 35.6 Å². The summed E-state index contributed by atoms with van der Waals surface area (Å²) in [6.07, 6.45) is 7.30. The molecule has 17 heteroatoms. The average molecular weight is 928 g/mol. The number of amides is 4. The van der Waals surface area contributed by atoms with Gasteiger partial charge in [-0.3, -0.25) is 23.7 Å². The van der Waals surface area contributed by atoms with Crippen LogP contribution < -0.4 is 20.1 Å². The highest BCUT2D eigenvalue weighted by Gasteiger charge is 2.63. The van der Waals surface area contributed by atoms with E-state index in [1.54, 1.807) is 39.0 Å². The lowest BCUT2D eigenvalue weighted by molar-refractivity contribution is -0.141. The predicted molar refractivity (Wildman–Crippen MR) is 249 cm³/mol. The van der Waals surface area contributed by atoms with E-state index >= 15 is 0 Å². The number of hydrogen-bond donors (Lipinski definition) is 3. The van der Waals surface area contributed by atoms with Crippen LogP contribution in [0.1, 0.15) is 122 Å². The van der Waals surface area contributed by atoms with Gasteiger partial charge in [0.2, 0.25) is 21.8 Å². The summed E-state index contributed by atoms with van der Waals surface area (Å²) in [5, 5.41) is 8.62. The number of sulfonamides is 1. The molecular weight excluding hydrogens is 867 g/mol. The molecule has 2 aliphatic heterocycles. The number of nitrogens with one attached hydrogen (secondary N) is 3. The van der Waals surface area contributed by atoms with Crippen LogP contribution in [0.5, 0.6) is 6.01 Å². The van der Waals surface area contributed by atoms with E-state index in [0.717, 1.165) is 34.6 Å². The van der Waals surface area contributed by atoms with Crippen LogP contribution in [0.3, 0.4) is 0 Å². The van der Waals surface area contributed by atoms with Crippen molar-refractivity contribution in [3.8, 4) is 16.6 Å². The smallest absolute Gasteiger partial charge is 0.408 e. The van der Waals surface area contributed by atoms with Crippen LogP contribution in [0.2, 0.25) is 0 Å². The van der Waals surface area contributed by atoms with Crippen molar-refractivity contribution in [3.63, 3.8) is 0 Å². The van der Waals surface area contributed by atoms with Crippen LogP contribution >= 0.6 is 11.3 Å². The molecule has 0 spiro atoms.